The van der Waals surface area contributed by atoms with E-state index >= 15 is 0 Å². The predicted octanol–water partition coefficient (Wildman–Crippen LogP) is 3.47. The van der Waals surface area contributed by atoms with Gasteiger partial charge in [-0.15, -0.1) is 0 Å². The normalized spacial score (nSPS) is 10.7. The molecule has 2 aromatic heterocycles. The van der Waals surface area contributed by atoms with E-state index in [0.717, 1.165) is 16.8 Å². The standard InChI is InChI=1S/C17H17N3O2S/c1-20(2)14-7-6-12-9-16(22-15(12)10-14)17(21)19-23-11-13-5-3-4-8-18-13/h3-10H,11H2,1-2H3,(H,19,21). The number of rotatable bonds is 5. The molecular formula is C17H17N3O2S. The fraction of sp³-hybridized carbons (Fsp3) is 0.176. The molecule has 0 aliphatic heterocycles. The molecule has 0 saturated heterocycles. The first-order valence-electron chi connectivity index (χ1n) is 7.16. The van der Waals surface area contributed by atoms with Gasteiger partial charge >= 0.3 is 0 Å². The van der Waals surface area contributed by atoms with E-state index in [-0.39, 0.29) is 5.91 Å². The van der Waals surface area contributed by atoms with Crippen LogP contribution >= 0.6 is 11.9 Å². The Bertz CT molecular complexity index is 815. The third kappa shape index (κ3) is 3.65. The van der Waals surface area contributed by atoms with E-state index in [1.807, 2.05) is 55.4 Å². The summed E-state index contributed by atoms with van der Waals surface area (Å²) in [6, 6.07) is 13.3. The molecule has 0 aliphatic carbocycles. The third-order valence-corrected chi connectivity index (χ3v) is 4.12. The van der Waals surface area contributed by atoms with Gasteiger partial charge in [0.1, 0.15) is 5.58 Å². The zero-order valence-corrected chi connectivity index (χ0v) is 13.8. The SMILES string of the molecule is CN(C)c1ccc2cc(C(=O)NSCc3ccccn3)oc2c1. The van der Waals surface area contributed by atoms with Crippen LogP contribution in [0.5, 0.6) is 0 Å². The van der Waals surface area contributed by atoms with Crippen LogP contribution in [0.4, 0.5) is 5.69 Å². The quantitative estimate of drug-likeness (QED) is 0.727. The minimum Gasteiger partial charge on any atom is -0.451 e. The lowest BCUT2D eigenvalue weighted by atomic mass is 10.2. The maximum Gasteiger partial charge on any atom is 0.296 e. The summed E-state index contributed by atoms with van der Waals surface area (Å²) in [5, 5.41) is 0.912. The maximum atomic E-state index is 12.2. The Morgan fingerprint density at radius 2 is 2.13 bits per heavy atom. The minimum absolute atomic E-state index is 0.242. The third-order valence-electron chi connectivity index (χ3n) is 3.35. The lowest BCUT2D eigenvalue weighted by Gasteiger charge is -2.11. The van der Waals surface area contributed by atoms with Crippen LogP contribution in [0.3, 0.4) is 0 Å². The van der Waals surface area contributed by atoms with Crippen LogP contribution in [0.1, 0.15) is 16.2 Å². The Kier molecular flexibility index (Phi) is 4.52. The van der Waals surface area contributed by atoms with Crippen molar-refractivity contribution in [1.82, 2.24) is 9.71 Å². The average molecular weight is 327 g/mol. The Morgan fingerprint density at radius 3 is 2.87 bits per heavy atom. The van der Waals surface area contributed by atoms with Crippen LogP contribution < -0.4 is 9.62 Å². The highest BCUT2D eigenvalue weighted by Crippen LogP contribution is 2.24. The number of amides is 1. The molecule has 0 atom stereocenters. The van der Waals surface area contributed by atoms with Crippen LogP contribution in [0.15, 0.2) is 53.1 Å². The first-order chi connectivity index (χ1) is 11.1. The Hall–Kier alpha value is -2.47. The van der Waals surface area contributed by atoms with Gasteiger partial charge in [0.15, 0.2) is 5.76 Å². The second-order valence-electron chi connectivity index (χ2n) is 5.27. The number of carbonyl (C=O) groups is 1. The average Bonchev–Trinajstić information content (AvgIpc) is 2.99. The summed E-state index contributed by atoms with van der Waals surface area (Å²) in [7, 11) is 3.93. The molecule has 23 heavy (non-hydrogen) atoms. The van der Waals surface area contributed by atoms with Gasteiger partial charge in [-0.1, -0.05) is 6.07 Å². The number of anilines is 1. The fourth-order valence-electron chi connectivity index (χ4n) is 2.12. The van der Waals surface area contributed by atoms with Gasteiger partial charge in [-0.2, -0.15) is 0 Å². The van der Waals surface area contributed by atoms with Crippen LogP contribution in [0.2, 0.25) is 0 Å². The molecular weight excluding hydrogens is 310 g/mol. The molecule has 2 heterocycles. The van der Waals surface area contributed by atoms with Gasteiger partial charge < -0.3 is 9.32 Å². The second-order valence-corrected chi connectivity index (χ2v) is 6.05. The van der Waals surface area contributed by atoms with Crippen molar-refractivity contribution in [3.8, 4) is 0 Å². The van der Waals surface area contributed by atoms with Gasteiger partial charge in [0.25, 0.3) is 5.91 Å². The topological polar surface area (TPSA) is 58.4 Å². The molecule has 1 aromatic carbocycles. The maximum absolute atomic E-state index is 12.2. The monoisotopic (exact) mass is 327 g/mol. The van der Waals surface area contributed by atoms with Crippen LogP contribution in [-0.2, 0) is 5.75 Å². The second kappa shape index (κ2) is 6.75. The summed E-state index contributed by atoms with van der Waals surface area (Å²) < 4.78 is 8.44. The Morgan fingerprint density at radius 1 is 1.26 bits per heavy atom. The summed E-state index contributed by atoms with van der Waals surface area (Å²) in [5.41, 5.74) is 2.65. The molecule has 0 saturated carbocycles. The van der Waals surface area contributed by atoms with Crippen molar-refractivity contribution in [2.45, 2.75) is 5.75 Å². The van der Waals surface area contributed by atoms with Crippen LogP contribution in [0, 0.1) is 0 Å². The summed E-state index contributed by atoms with van der Waals surface area (Å²) in [6.07, 6.45) is 1.74. The molecule has 1 N–H and O–H groups in total. The Labute approximate surface area is 138 Å². The number of benzene rings is 1. The van der Waals surface area contributed by atoms with Gasteiger partial charge in [0.2, 0.25) is 0 Å². The number of pyridine rings is 1. The van der Waals surface area contributed by atoms with E-state index < -0.39 is 0 Å². The number of furan rings is 1. The van der Waals surface area contributed by atoms with Gasteiger partial charge in [0, 0.05) is 37.4 Å². The lowest BCUT2D eigenvalue weighted by molar-refractivity contribution is 0.0959. The molecule has 0 aliphatic rings. The molecule has 0 spiro atoms. The van der Waals surface area contributed by atoms with Gasteiger partial charge in [-0.05, 0) is 42.3 Å². The van der Waals surface area contributed by atoms with Crippen molar-refractivity contribution in [3.05, 3.63) is 60.1 Å². The lowest BCUT2D eigenvalue weighted by Crippen LogP contribution is -2.15. The number of nitrogens with zero attached hydrogens (tertiary/aromatic N) is 2. The van der Waals surface area contributed by atoms with Crippen molar-refractivity contribution in [3.63, 3.8) is 0 Å². The fourth-order valence-corrected chi connectivity index (χ4v) is 2.74. The van der Waals surface area contributed by atoms with Gasteiger partial charge in [-0.25, -0.2) is 0 Å². The minimum atomic E-state index is -0.242. The van der Waals surface area contributed by atoms with Crippen molar-refractivity contribution in [2.75, 3.05) is 19.0 Å². The van der Waals surface area contributed by atoms with E-state index in [2.05, 4.69) is 9.71 Å². The summed E-state index contributed by atoms with van der Waals surface area (Å²) >= 11 is 1.30. The number of hydrogen-bond donors (Lipinski definition) is 1. The van der Waals surface area contributed by atoms with E-state index in [4.69, 9.17) is 4.42 Å². The van der Waals surface area contributed by atoms with Crippen molar-refractivity contribution in [1.29, 1.82) is 0 Å². The molecule has 3 rings (SSSR count). The summed E-state index contributed by atoms with van der Waals surface area (Å²) in [6.45, 7) is 0. The molecule has 6 heteroatoms. The van der Waals surface area contributed by atoms with Gasteiger partial charge in [-0.3, -0.25) is 14.5 Å². The summed E-state index contributed by atoms with van der Waals surface area (Å²) in [5.74, 6) is 0.676. The van der Waals surface area contributed by atoms with Crippen molar-refractivity contribution >= 4 is 34.5 Å². The molecule has 0 unspecified atom stereocenters. The number of fused-ring (bicyclic) bond motifs is 1. The van der Waals surface area contributed by atoms with Crippen LogP contribution in [0.25, 0.3) is 11.0 Å². The molecule has 0 bridgehead atoms. The van der Waals surface area contributed by atoms with Crippen molar-refractivity contribution in [2.24, 2.45) is 0 Å². The molecule has 0 radical (unpaired) electrons. The number of nitrogens with one attached hydrogen (secondary N) is 1. The van der Waals surface area contributed by atoms with Crippen LogP contribution in [-0.4, -0.2) is 25.0 Å². The summed E-state index contributed by atoms with van der Waals surface area (Å²) in [4.78, 5) is 18.4. The van der Waals surface area contributed by atoms with E-state index in [1.165, 1.54) is 11.9 Å². The Balaban J connectivity index is 1.66. The first-order valence-corrected chi connectivity index (χ1v) is 8.15. The van der Waals surface area contributed by atoms with Crippen molar-refractivity contribution < 1.29 is 9.21 Å². The number of aromatic nitrogens is 1. The van der Waals surface area contributed by atoms with E-state index in [1.54, 1.807) is 12.3 Å². The molecule has 5 nitrogen and oxygen atoms in total. The first kappa shape index (κ1) is 15.4. The largest absolute Gasteiger partial charge is 0.451 e. The van der Waals surface area contributed by atoms with Gasteiger partial charge in [0.05, 0.1) is 11.4 Å². The smallest absolute Gasteiger partial charge is 0.296 e. The zero-order chi connectivity index (χ0) is 16.2. The van der Waals surface area contributed by atoms with E-state index in [0.29, 0.717) is 17.1 Å². The van der Waals surface area contributed by atoms with E-state index in [9.17, 15) is 4.79 Å². The predicted molar refractivity (Wildman–Crippen MR) is 93.5 cm³/mol. The molecule has 0 fully saturated rings. The number of hydrogen-bond acceptors (Lipinski definition) is 5. The number of carbonyl (C=O) groups excluding carboxylic acids is 1. The molecule has 118 valence electrons. The highest BCUT2D eigenvalue weighted by Gasteiger charge is 2.13. The zero-order valence-electron chi connectivity index (χ0n) is 12.9. The highest BCUT2D eigenvalue weighted by atomic mass is 32.2. The molecule has 1 amide bonds. The highest BCUT2D eigenvalue weighted by molar-refractivity contribution is 7.97. The molecule has 3 aromatic rings.